The number of allylic oxidation sites excluding steroid dienone is 2. The van der Waals surface area contributed by atoms with Crippen LogP contribution in [-0.4, -0.2) is 44.4 Å². The summed E-state index contributed by atoms with van der Waals surface area (Å²) in [5.41, 5.74) is -2.35. The molecule has 5 rings (SSSR count). The van der Waals surface area contributed by atoms with Crippen LogP contribution in [0.5, 0.6) is 5.75 Å². The molecular formula is C24H31NO6. The van der Waals surface area contributed by atoms with Crippen LogP contribution in [0, 0.1) is 29.6 Å². The molecule has 2 saturated carbocycles. The fourth-order valence-electron chi connectivity index (χ4n) is 6.39. The number of aromatic hydroxyl groups is 1. The van der Waals surface area contributed by atoms with Crippen molar-refractivity contribution in [3.8, 4) is 5.75 Å². The van der Waals surface area contributed by atoms with Gasteiger partial charge in [-0.25, -0.2) is 0 Å². The van der Waals surface area contributed by atoms with E-state index in [0.717, 1.165) is 19.3 Å². The number of aromatic amines is 1. The molecule has 1 aliphatic heterocycles. The Kier molecular flexibility index (Phi) is 4.92. The normalized spacial score (nSPS) is 43.7. The highest BCUT2D eigenvalue weighted by molar-refractivity contribution is 6.00. The molecule has 7 nitrogen and oxygen atoms in total. The lowest BCUT2D eigenvalue weighted by Crippen LogP contribution is -2.43. The largest absolute Gasteiger partial charge is 0.507 e. The topological polar surface area (TPSA) is 123 Å². The van der Waals surface area contributed by atoms with E-state index in [-0.39, 0.29) is 41.1 Å². The van der Waals surface area contributed by atoms with Crippen LogP contribution in [0.15, 0.2) is 23.1 Å². The number of ketones is 1. The van der Waals surface area contributed by atoms with Crippen molar-refractivity contribution in [2.75, 3.05) is 0 Å². The molecule has 0 aromatic carbocycles. The second-order valence-corrected chi connectivity index (χ2v) is 10.2. The Morgan fingerprint density at radius 1 is 1.23 bits per heavy atom. The highest BCUT2D eigenvalue weighted by atomic mass is 16.6. The van der Waals surface area contributed by atoms with Gasteiger partial charge in [0.1, 0.15) is 29.1 Å². The fourth-order valence-corrected chi connectivity index (χ4v) is 6.39. The Morgan fingerprint density at radius 3 is 2.77 bits per heavy atom. The van der Waals surface area contributed by atoms with E-state index in [9.17, 15) is 24.9 Å². The summed E-state index contributed by atoms with van der Waals surface area (Å²) in [5.74, 6) is -0.152. The number of H-pyrrole nitrogens is 1. The number of aliphatic hydroxyl groups excluding tert-OH is 1. The van der Waals surface area contributed by atoms with E-state index in [1.54, 1.807) is 0 Å². The van der Waals surface area contributed by atoms with Crippen molar-refractivity contribution >= 4 is 5.78 Å². The number of pyridine rings is 1. The summed E-state index contributed by atoms with van der Waals surface area (Å²) < 4.78 is 5.46. The number of carbonyl (C=O) groups excluding carboxylic acids is 1. The van der Waals surface area contributed by atoms with E-state index in [0.29, 0.717) is 18.3 Å². The highest BCUT2D eigenvalue weighted by Crippen LogP contribution is 2.52. The van der Waals surface area contributed by atoms with Crippen molar-refractivity contribution < 1.29 is 24.9 Å². The molecule has 1 aromatic rings. The number of hydrogen-bond acceptors (Lipinski definition) is 6. The number of carbonyl (C=O) groups is 1. The fraction of sp³-hybridized carbons (Fsp3) is 0.667. The lowest BCUT2D eigenvalue weighted by atomic mass is 9.61. The van der Waals surface area contributed by atoms with Crippen LogP contribution >= 0.6 is 0 Å². The van der Waals surface area contributed by atoms with Crippen molar-refractivity contribution in [2.45, 2.75) is 69.9 Å². The molecule has 3 aliphatic carbocycles. The lowest BCUT2D eigenvalue weighted by molar-refractivity contribution is -0.0231. The second kappa shape index (κ2) is 7.29. The Bertz CT molecular complexity index is 985. The van der Waals surface area contributed by atoms with Crippen LogP contribution in [0.25, 0.3) is 0 Å². The molecule has 31 heavy (non-hydrogen) atoms. The molecule has 0 amide bonds. The zero-order valence-corrected chi connectivity index (χ0v) is 18.0. The molecule has 1 aromatic heterocycles. The minimum atomic E-state index is -1.55. The molecule has 2 heterocycles. The van der Waals surface area contributed by atoms with Gasteiger partial charge in [0.05, 0.1) is 6.10 Å². The standard InChI is InChI=1S/C24H31NO6/c1-11-3-6-14-13(9-11)5-4-12(2)17(14)20(28)18-19(27)15(10-25-23(18)29)24(30)8-7-16(26)21-22(24)31-21/h4-5,10-14,16-17,21-22,26,30H,3,6-9H2,1-2H3,(H2,25,27,29)/t11-,12-,13-,14-,16+,17-,21+,22?,24?/m0/s1. The minimum Gasteiger partial charge on any atom is -0.507 e. The van der Waals surface area contributed by atoms with Crippen LogP contribution in [-0.2, 0) is 10.3 Å². The SMILES string of the molecule is C[C@H]1CC[C@@H]2[C@@H](C(=O)c3c(O)c(C4(O)CC[C@@H](O)[C@H]5OC54)c[nH]c3=O)[C@@H](C)C=C[C@H]2C1. The summed E-state index contributed by atoms with van der Waals surface area (Å²) in [6, 6.07) is 0. The van der Waals surface area contributed by atoms with Gasteiger partial charge in [-0.2, -0.15) is 0 Å². The molecule has 4 aliphatic rings. The van der Waals surface area contributed by atoms with Gasteiger partial charge in [-0.3, -0.25) is 9.59 Å². The van der Waals surface area contributed by atoms with Crippen LogP contribution in [0.2, 0.25) is 0 Å². The van der Waals surface area contributed by atoms with Crippen molar-refractivity contribution in [2.24, 2.45) is 29.6 Å². The lowest BCUT2D eigenvalue weighted by Gasteiger charge is -2.42. The summed E-state index contributed by atoms with van der Waals surface area (Å²) in [7, 11) is 0. The monoisotopic (exact) mass is 429 g/mol. The van der Waals surface area contributed by atoms with Gasteiger partial charge in [0.25, 0.3) is 5.56 Å². The Labute approximate surface area is 181 Å². The quantitative estimate of drug-likeness (QED) is 0.332. The Morgan fingerprint density at radius 2 is 2.00 bits per heavy atom. The third kappa shape index (κ3) is 3.20. The maximum absolute atomic E-state index is 13.7. The van der Waals surface area contributed by atoms with Gasteiger partial charge in [0.15, 0.2) is 5.78 Å². The van der Waals surface area contributed by atoms with Crippen LogP contribution in [0.4, 0.5) is 0 Å². The first-order valence-electron chi connectivity index (χ1n) is 11.5. The van der Waals surface area contributed by atoms with Gasteiger partial charge in [-0.05, 0) is 49.4 Å². The molecule has 7 heteroatoms. The average molecular weight is 430 g/mol. The Hall–Kier alpha value is -1.96. The van der Waals surface area contributed by atoms with E-state index in [1.165, 1.54) is 6.20 Å². The molecule has 168 valence electrons. The van der Waals surface area contributed by atoms with Crippen LogP contribution in [0.3, 0.4) is 0 Å². The molecule has 1 saturated heterocycles. The molecule has 9 atom stereocenters. The third-order valence-corrected chi connectivity index (χ3v) is 8.19. The maximum atomic E-state index is 13.7. The van der Waals surface area contributed by atoms with Crippen molar-refractivity contribution in [3.05, 3.63) is 39.8 Å². The maximum Gasteiger partial charge on any atom is 0.262 e. The van der Waals surface area contributed by atoms with Gasteiger partial charge < -0.3 is 25.0 Å². The van der Waals surface area contributed by atoms with Crippen LogP contribution in [0.1, 0.15) is 61.9 Å². The van der Waals surface area contributed by atoms with E-state index < -0.39 is 35.2 Å². The zero-order chi connectivity index (χ0) is 22.1. The van der Waals surface area contributed by atoms with E-state index in [4.69, 9.17) is 4.74 Å². The summed E-state index contributed by atoms with van der Waals surface area (Å²) in [5, 5.41) is 32.3. The third-order valence-electron chi connectivity index (χ3n) is 8.19. The predicted molar refractivity (Wildman–Crippen MR) is 113 cm³/mol. The second-order valence-electron chi connectivity index (χ2n) is 10.2. The number of Topliss-reactive ketones (excluding diaryl/α,β-unsaturated/α-hetero) is 1. The number of aromatic nitrogens is 1. The van der Waals surface area contributed by atoms with Gasteiger partial charge in [0.2, 0.25) is 0 Å². The average Bonchev–Trinajstić information content (AvgIpc) is 3.53. The molecular weight excluding hydrogens is 398 g/mol. The van der Waals surface area contributed by atoms with Crippen molar-refractivity contribution in [1.82, 2.24) is 4.98 Å². The summed E-state index contributed by atoms with van der Waals surface area (Å²) in [6.07, 6.45) is 7.25. The van der Waals surface area contributed by atoms with Crippen molar-refractivity contribution in [1.29, 1.82) is 0 Å². The van der Waals surface area contributed by atoms with Gasteiger partial charge >= 0.3 is 0 Å². The first-order chi connectivity index (χ1) is 14.7. The van der Waals surface area contributed by atoms with E-state index >= 15 is 0 Å². The summed E-state index contributed by atoms with van der Waals surface area (Å²) >= 11 is 0. The minimum absolute atomic E-state index is 0.0336. The smallest absolute Gasteiger partial charge is 0.262 e. The van der Waals surface area contributed by atoms with E-state index in [1.807, 2.05) is 6.92 Å². The first kappa shape index (κ1) is 20.9. The molecule has 2 unspecified atom stereocenters. The number of ether oxygens (including phenoxy) is 1. The van der Waals surface area contributed by atoms with Crippen LogP contribution < -0.4 is 5.56 Å². The van der Waals surface area contributed by atoms with Gasteiger partial charge in [0, 0.05) is 17.7 Å². The van der Waals surface area contributed by atoms with Gasteiger partial charge in [-0.15, -0.1) is 0 Å². The highest BCUT2D eigenvalue weighted by Gasteiger charge is 2.62. The molecule has 0 bridgehead atoms. The van der Waals surface area contributed by atoms with Gasteiger partial charge in [-0.1, -0.05) is 32.4 Å². The zero-order valence-electron chi connectivity index (χ0n) is 18.0. The summed E-state index contributed by atoms with van der Waals surface area (Å²) in [6.45, 7) is 4.22. The van der Waals surface area contributed by atoms with E-state index in [2.05, 4.69) is 24.1 Å². The van der Waals surface area contributed by atoms with Crippen molar-refractivity contribution in [3.63, 3.8) is 0 Å². The first-order valence-corrected chi connectivity index (χ1v) is 11.5. The number of hydrogen-bond donors (Lipinski definition) is 4. The number of epoxide rings is 1. The molecule has 4 N–H and O–H groups in total. The summed E-state index contributed by atoms with van der Waals surface area (Å²) in [4.78, 5) is 29.0. The number of fused-ring (bicyclic) bond motifs is 2. The molecule has 3 fully saturated rings. The number of nitrogens with one attached hydrogen (secondary N) is 1. The predicted octanol–water partition coefficient (Wildman–Crippen LogP) is 2.25. The molecule has 0 radical (unpaired) electrons. The molecule has 0 spiro atoms. The number of aliphatic hydroxyl groups is 2. The Balaban J connectivity index is 1.52. The number of rotatable bonds is 3.